The maximum absolute atomic E-state index is 13.3. The average Bonchev–Trinajstić information content (AvgIpc) is 2.80. The number of aldehydes is 1. The minimum atomic E-state index is -4.99. The molecule has 0 saturated heterocycles. The quantitative estimate of drug-likeness (QED) is 0.200. The molecule has 1 unspecified atom stereocenters. The lowest BCUT2D eigenvalue weighted by Crippen LogP contribution is -2.50. The molecule has 2 aromatic rings. The highest BCUT2D eigenvalue weighted by Gasteiger charge is 2.39. The van der Waals surface area contributed by atoms with Gasteiger partial charge in [0.25, 0.3) is 0 Å². The molecule has 0 aromatic heterocycles. The number of hydrogen-bond acceptors (Lipinski definition) is 4. The van der Waals surface area contributed by atoms with Crippen molar-refractivity contribution < 1.29 is 40.4 Å². The topological polar surface area (TPSA) is 61.4 Å². The molecule has 0 spiro atoms. The molecular formula is C24H27F6NO3S. The van der Waals surface area contributed by atoms with Gasteiger partial charge in [-0.05, 0) is 42.7 Å². The number of halogens is 6. The molecule has 4 nitrogen and oxygen atoms in total. The second kappa shape index (κ2) is 12.2. The maximum atomic E-state index is 13.3. The van der Waals surface area contributed by atoms with Crippen LogP contribution in [0.5, 0.6) is 0 Å². The summed E-state index contributed by atoms with van der Waals surface area (Å²) in [5.74, 6) is 0.294. The van der Waals surface area contributed by atoms with Gasteiger partial charge in [0, 0.05) is 17.8 Å². The Bertz CT molecular complexity index is 922. The number of carbonyl (C=O) groups is 1. The van der Waals surface area contributed by atoms with Gasteiger partial charge in [-0.15, -0.1) is 4.72 Å². The van der Waals surface area contributed by atoms with E-state index in [2.05, 4.69) is 4.72 Å². The summed E-state index contributed by atoms with van der Waals surface area (Å²) in [6.45, 7) is 2.91. The molecule has 11 heteroatoms. The highest BCUT2D eigenvalue weighted by atomic mass is 32.2. The van der Waals surface area contributed by atoms with Crippen LogP contribution in [0.4, 0.5) is 26.3 Å². The van der Waals surface area contributed by atoms with E-state index >= 15 is 0 Å². The van der Waals surface area contributed by atoms with Gasteiger partial charge in [0.05, 0.1) is 23.8 Å². The molecule has 0 fully saturated rings. The van der Waals surface area contributed by atoms with E-state index < -0.39 is 46.5 Å². The first-order valence-corrected chi connectivity index (χ1v) is 12.2. The molecule has 0 aliphatic rings. The normalized spacial score (nSPS) is 15.9. The van der Waals surface area contributed by atoms with Crippen LogP contribution in [-0.2, 0) is 38.8 Å². The third-order valence-electron chi connectivity index (χ3n) is 5.41. The SMILES string of the molecule is CCCC[S+]([O-])N[C@](CC=O)(CO[C@H](C)c1cc(C(F)(F)F)cc(C(F)(F)F)c1)c1ccccc1. The number of benzene rings is 2. The molecule has 1 N–H and O–H groups in total. The lowest BCUT2D eigenvalue weighted by Gasteiger charge is -2.34. The van der Waals surface area contributed by atoms with Crippen LogP contribution in [0.3, 0.4) is 0 Å². The lowest BCUT2D eigenvalue weighted by atomic mass is 9.89. The Hall–Kier alpha value is -2.08. The van der Waals surface area contributed by atoms with Crippen LogP contribution in [0.25, 0.3) is 0 Å². The molecule has 0 aliphatic heterocycles. The highest BCUT2D eigenvalue weighted by molar-refractivity contribution is 7.89. The summed E-state index contributed by atoms with van der Waals surface area (Å²) in [4.78, 5) is 11.6. The monoisotopic (exact) mass is 523 g/mol. The third kappa shape index (κ3) is 8.23. The van der Waals surface area contributed by atoms with E-state index in [-0.39, 0.29) is 24.7 Å². The standard InChI is InChI=1S/C24H27F6NO3S/c1-3-4-12-35(33)31-22(10-11-32,19-8-6-5-7-9-19)16-34-17(2)18-13-20(23(25,26)27)15-21(14-18)24(28,29)30/h5-9,11,13-15,17,31H,3-4,10,12,16H2,1-2H3/t17-,22-,35?/m1/s1. The maximum Gasteiger partial charge on any atom is 0.416 e. The fourth-order valence-corrected chi connectivity index (χ4v) is 4.76. The van der Waals surface area contributed by atoms with Gasteiger partial charge in [0.2, 0.25) is 0 Å². The van der Waals surface area contributed by atoms with Crippen LogP contribution in [-0.4, -0.2) is 23.2 Å². The molecule has 2 aromatic carbocycles. The van der Waals surface area contributed by atoms with Gasteiger partial charge in [-0.25, -0.2) is 0 Å². The summed E-state index contributed by atoms with van der Waals surface area (Å²) in [5.41, 5.74) is -3.97. The summed E-state index contributed by atoms with van der Waals surface area (Å²) in [5, 5.41) is 0. The average molecular weight is 524 g/mol. The number of alkyl halides is 6. The molecule has 3 atom stereocenters. The molecule has 2 rings (SSSR count). The van der Waals surface area contributed by atoms with Crippen molar-refractivity contribution in [3.8, 4) is 0 Å². The van der Waals surface area contributed by atoms with Crippen molar-refractivity contribution in [1.82, 2.24) is 4.72 Å². The number of ether oxygens (including phenoxy) is 1. The van der Waals surface area contributed by atoms with E-state index in [4.69, 9.17) is 4.74 Å². The van der Waals surface area contributed by atoms with E-state index in [1.54, 1.807) is 30.3 Å². The van der Waals surface area contributed by atoms with Gasteiger partial charge in [0.1, 0.15) is 17.6 Å². The van der Waals surface area contributed by atoms with Gasteiger partial charge in [-0.1, -0.05) is 43.7 Å². The summed E-state index contributed by atoms with van der Waals surface area (Å²) in [6, 6.07) is 9.73. The molecule has 0 radical (unpaired) electrons. The predicted molar refractivity (Wildman–Crippen MR) is 121 cm³/mol. The lowest BCUT2D eigenvalue weighted by molar-refractivity contribution is -0.143. The molecule has 0 heterocycles. The molecular weight excluding hydrogens is 496 g/mol. The van der Waals surface area contributed by atoms with Crippen molar-refractivity contribution in [2.45, 2.75) is 57.1 Å². The Labute approximate surface area is 203 Å². The van der Waals surface area contributed by atoms with Crippen molar-refractivity contribution in [2.24, 2.45) is 0 Å². The van der Waals surface area contributed by atoms with Crippen LogP contribution in [0.1, 0.15) is 61.5 Å². The fourth-order valence-electron chi connectivity index (χ4n) is 3.41. The Balaban J connectivity index is 2.40. The van der Waals surface area contributed by atoms with Crippen LogP contribution in [0.15, 0.2) is 48.5 Å². The second-order valence-electron chi connectivity index (χ2n) is 8.12. The van der Waals surface area contributed by atoms with E-state index in [0.29, 0.717) is 36.2 Å². The first-order chi connectivity index (χ1) is 16.3. The van der Waals surface area contributed by atoms with Gasteiger partial charge >= 0.3 is 12.4 Å². The van der Waals surface area contributed by atoms with Crippen LogP contribution in [0, 0.1) is 0 Å². The van der Waals surface area contributed by atoms with Crippen molar-refractivity contribution in [3.05, 3.63) is 70.8 Å². The molecule has 0 bridgehead atoms. The third-order valence-corrected chi connectivity index (χ3v) is 6.69. The molecule has 0 aliphatic carbocycles. The smallest absolute Gasteiger partial charge is 0.416 e. The number of hydrogen-bond donors (Lipinski definition) is 1. The minimum Gasteiger partial charge on any atom is -0.598 e. The summed E-state index contributed by atoms with van der Waals surface area (Å²) >= 11 is -1.57. The first kappa shape index (κ1) is 29.2. The first-order valence-electron chi connectivity index (χ1n) is 10.9. The number of unbranched alkanes of at least 4 members (excludes halogenated alkanes) is 1. The number of nitrogens with one attached hydrogen (secondary N) is 1. The van der Waals surface area contributed by atoms with E-state index in [9.17, 15) is 35.7 Å². The molecule has 35 heavy (non-hydrogen) atoms. The Morgan fingerprint density at radius 2 is 1.57 bits per heavy atom. The summed E-state index contributed by atoms with van der Waals surface area (Å²) < 4.78 is 101. The van der Waals surface area contributed by atoms with Gasteiger partial charge in [-0.3, -0.25) is 0 Å². The number of carbonyl (C=O) groups excluding carboxylic acids is 1. The van der Waals surface area contributed by atoms with Crippen molar-refractivity contribution in [1.29, 1.82) is 0 Å². The van der Waals surface area contributed by atoms with Crippen molar-refractivity contribution in [2.75, 3.05) is 12.4 Å². The molecule has 0 amide bonds. The van der Waals surface area contributed by atoms with E-state index in [0.717, 1.165) is 6.42 Å². The minimum absolute atomic E-state index is 0.0509. The molecule has 194 valence electrons. The largest absolute Gasteiger partial charge is 0.598 e. The predicted octanol–water partition coefficient (Wildman–Crippen LogP) is 6.34. The van der Waals surface area contributed by atoms with Gasteiger partial charge < -0.3 is 14.1 Å². The molecule has 0 saturated carbocycles. The zero-order valence-corrected chi connectivity index (χ0v) is 20.0. The van der Waals surface area contributed by atoms with E-state index in [1.165, 1.54) is 6.92 Å². The van der Waals surface area contributed by atoms with Crippen molar-refractivity contribution >= 4 is 17.6 Å². The zero-order valence-electron chi connectivity index (χ0n) is 19.2. The Morgan fingerprint density at radius 3 is 2.06 bits per heavy atom. The van der Waals surface area contributed by atoms with Gasteiger partial charge in [-0.2, -0.15) is 26.3 Å². The van der Waals surface area contributed by atoms with Gasteiger partial charge in [0.15, 0.2) is 0 Å². The number of rotatable bonds is 12. The van der Waals surface area contributed by atoms with Crippen LogP contribution < -0.4 is 4.72 Å². The van der Waals surface area contributed by atoms with E-state index in [1.807, 2.05) is 6.92 Å². The zero-order chi connectivity index (χ0) is 26.3. The van der Waals surface area contributed by atoms with Crippen LogP contribution >= 0.6 is 0 Å². The Morgan fingerprint density at radius 1 is 1.00 bits per heavy atom. The van der Waals surface area contributed by atoms with Crippen LogP contribution in [0.2, 0.25) is 0 Å². The Kier molecular flexibility index (Phi) is 10.2. The summed E-state index contributed by atoms with van der Waals surface area (Å²) in [6.07, 6.45) is -9.33. The summed E-state index contributed by atoms with van der Waals surface area (Å²) in [7, 11) is 0. The second-order valence-corrected chi connectivity index (χ2v) is 9.42. The van der Waals surface area contributed by atoms with Crippen molar-refractivity contribution in [3.63, 3.8) is 0 Å². The highest BCUT2D eigenvalue weighted by Crippen LogP contribution is 2.38. The fraction of sp³-hybridized carbons (Fsp3) is 0.458.